The third kappa shape index (κ3) is 2.32. The Bertz CT molecular complexity index is 683. The van der Waals surface area contributed by atoms with E-state index in [1.54, 1.807) is 12.1 Å². The maximum absolute atomic E-state index is 12.8. The zero-order valence-corrected chi connectivity index (χ0v) is 10.7. The van der Waals surface area contributed by atoms with Crippen LogP contribution in [0.25, 0.3) is 11.3 Å². The quantitative estimate of drug-likeness (QED) is 0.850. The van der Waals surface area contributed by atoms with Gasteiger partial charge in [-0.1, -0.05) is 6.07 Å². The van der Waals surface area contributed by atoms with Crippen LogP contribution in [0.1, 0.15) is 11.3 Å². The van der Waals surface area contributed by atoms with Crippen LogP contribution >= 0.6 is 0 Å². The van der Waals surface area contributed by atoms with Crippen molar-refractivity contribution < 1.29 is 17.9 Å². The molecule has 0 fully saturated rings. The number of halogens is 3. The molecule has 0 saturated carbocycles. The lowest BCUT2D eigenvalue weighted by Crippen LogP contribution is -2.11. The lowest BCUT2D eigenvalue weighted by atomic mass is 10.1. The molecular formula is C13H10F3N3O. The van der Waals surface area contributed by atoms with Gasteiger partial charge in [0.15, 0.2) is 0 Å². The number of nitrogens with zero attached hydrogens (tertiary/aromatic N) is 3. The van der Waals surface area contributed by atoms with Gasteiger partial charge in [-0.15, -0.1) is 0 Å². The highest BCUT2D eigenvalue weighted by molar-refractivity contribution is 5.71. The van der Waals surface area contributed by atoms with Gasteiger partial charge >= 0.3 is 6.18 Å². The van der Waals surface area contributed by atoms with Crippen LogP contribution in [0.5, 0.6) is 5.75 Å². The minimum absolute atomic E-state index is 0.105. The van der Waals surface area contributed by atoms with Crippen molar-refractivity contribution in [3.63, 3.8) is 0 Å². The van der Waals surface area contributed by atoms with Crippen LogP contribution in [0, 0.1) is 11.3 Å². The number of alkyl halides is 3. The van der Waals surface area contributed by atoms with Gasteiger partial charge in [0.1, 0.15) is 17.5 Å². The van der Waals surface area contributed by atoms with Gasteiger partial charge in [-0.25, -0.2) is 0 Å². The van der Waals surface area contributed by atoms with Gasteiger partial charge in [-0.05, 0) is 18.2 Å². The Morgan fingerprint density at radius 2 is 2.05 bits per heavy atom. The molecule has 1 heterocycles. The van der Waals surface area contributed by atoms with Crippen LogP contribution < -0.4 is 4.74 Å². The van der Waals surface area contributed by atoms with Crippen LogP contribution in [-0.2, 0) is 13.2 Å². The molecule has 0 radical (unpaired) electrons. The van der Waals surface area contributed by atoms with Crippen molar-refractivity contribution in [3.05, 3.63) is 35.5 Å². The summed E-state index contributed by atoms with van der Waals surface area (Å²) in [4.78, 5) is 0. The number of ether oxygens (including phenoxy) is 1. The van der Waals surface area contributed by atoms with E-state index >= 15 is 0 Å². The number of hydrogen-bond donors (Lipinski definition) is 0. The maximum atomic E-state index is 12.8. The van der Waals surface area contributed by atoms with Gasteiger partial charge in [0.25, 0.3) is 0 Å². The molecule has 0 saturated heterocycles. The fraction of sp³-hybridized carbons (Fsp3) is 0.231. The summed E-state index contributed by atoms with van der Waals surface area (Å²) >= 11 is 0. The van der Waals surface area contributed by atoms with E-state index in [-0.39, 0.29) is 17.0 Å². The molecule has 7 heteroatoms. The van der Waals surface area contributed by atoms with Gasteiger partial charge in [-0.3, -0.25) is 4.68 Å². The Morgan fingerprint density at radius 3 is 2.55 bits per heavy atom. The number of para-hydroxylation sites is 1. The minimum atomic E-state index is -4.49. The first kappa shape index (κ1) is 13.9. The third-order valence-corrected chi connectivity index (χ3v) is 2.79. The molecule has 0 atom stereocenters. The number of hydrogen-bond acceptors (Lipinski definition) is 3. The SMILES string of the molecule is COc1c(C#N)cccc1-c1cc(C(F)(F)F)n(C)n1. The smallest absolute Gasteiger partial charge is 0.433 e. The highest BCUT2D eigenvalue weighted by atomic mass is 19.4. The van der Waals surface area contributed by atoms with Gasteiger partial charge in [-0.2, -0.15) is 23.5 Å². The number of methoxy groups -OCH3 is 1. The summed E-state index contributed by atoms with van der Waals surface area (Å²) in [6.45, 7) is 0. The standard InChI is InChI=1S/C13H10F3N3O/c1-19-11(13(14,15)16)6-10(18-19)9-5-3-4-8(7-17)12(9)20-2/h3-6H,1-2H3. The molecule has 2 rings (SSSR count). The van der Waals surface area contributed by atoms with Crippen LogP contribution in [0.3, 0.4) is 0 Å². The summed E-state index contributed by atoms with van der Waals surface area (Å²) in [5.74, 6) is 0.210. The van der Waals surface area contributed by atoms with Crippen molar-refractivity contribution in [1.29, 1.82) is 5.26 Å². The molecule has 0 aliphatic heterocycles. The maximum Gasteiger partial charge on any atom is 0.433 e. The average Bonchev–Trinajstić information content (AvgIpc) is 2.79. The molecule has 0 spiro atoms. The zero-order chi connectivity index (χ0) is 14.9. The summed E-state index contributed by atoms with van der Waals surface area (Å²) in [5, 5.41) is 12.8. The fourth-order valence-corrected chi connectivity index (χ4v) is 1.91. The number of rotatable bonds is 2. The third-order valence-electron chi connectivity index (χ3n) is 2.79. The van der Waals surface area contributed by atoms with Crippen LogP contribution in [0.4, 0.5) is 13.2 Å². The fourth-order valence-electron chi connectivity index (χ4n) is 1.91. The van der Waals surface area contributed by atoms with E-state index in [1.165, 1.54) is 20.2 Å². The largest absolute Gasteiger partial charge is 0.495 e. The van der Waals surface area contributed by atoms with E-state index < -0.39 is 11.9 Å². The predicted octanol–water partition coefficient (Wildman–Crippen LogP) is 2.99. The van der Waals surface area contributed by atoms with E-state index in [0.717, 1.165) is 10.7 Å². The van der Waals surface area contributed by atoms with E-state index in [2.05, 4.69) is 5.10 Å². The Hall–Kier alpha value is -2.49. The topological polar surface area (TPSA) is 50.8 Å². The summed E-state index contributed by atoms with van der Waals surface area (Å²) in [6.07, 6.45) is -4.49. The number of nitriles is 1. The highest BCUT2D eigenvalue weighted by Crippen LogP contribution is 2.36. The summed E-state index contributed by atoms with van der Waals surface area (Å²) in [5.41, 5.74) is -0.174. The van der Waals surface area contributed by atoms with Gasteiger partial charge < -0.3 is 4.74 Å². The first-order chi connectivity index (χ1) is 9.38. The molecule has 1 aromatic heterocycles. The molecule has 0 unspecified atom stereocenters. The predicted molar refractivity (Wildman–Crippen MR) is 64.9 cm³/mol. The van der Waals surface area contributed by atoms with E-state index in [1.807, 2.05) is 6.07 Å². The molecule has 0 N–H and O–H groups in total. The molecule has 4 nitrogen and oxygen atoms in total. The molecule has 104 valence electrons. The molecule has 0 aliphatic carbocycles. The number of benzene rings is 1. The molecule has 2 aromatic rings. The second kappa shape index (κ2) is 4.89. The Morgan fingerprint density at radius 1 is 1.35 bits per heavy atom. The number of aryl methyl sites for hydroxylation is 1. The van der Waals surface area contributed by atoms with Crippen molar-refractivity contribution >= 4 is 0 Å². The van der Waals surface area contributed by atoms with Gasteiger partial charge in [0.05, 0.1) is 18.4 Å². The van der Waals surface area contributed by atoms with Crippen LogP contribution in [0.2, 0.25) is 0 Å². The van der Waals surface area contributed by atoms with Crippen LogP contribution in [-0.4, -0.2) is 16.9 Å². The molecular weight excluding hydrogens is 271 g/mol. The first-order valence-electron chi connectivity index (χ1n) is 5.57. The van der Waals surface area contributed by atoms with Gasteiger partial charge in [0.2, 0.25) is 0 Å². The van der Waals surface area contributed by atoms with E-state index in [9.17, 15) is 13.2 Å². The van der Waals surface area contributed by atoms with Crippen molar-refractivity contribution in [3.8, 4) is 23.1 Å². The Balaban J connectivity index is 2.62. The molecule has 1 aromatic carbocycles. The lowest BCUT2D eigenvalue weighted by molar-refractivity contribution is -0.143. The monoisotopic (exact) mass is 281 g/mol. The Kier molecular flexibility index (Phi) is 3.40. The second-order valence-corrected chi connectivity index (χ2v) is 4.03. The number of aromatic nitrogens is 2. The lowest BCUT2D eigenvalue weighted by Gasteiger charge is -2.07. The van der Waals surface area contributed by atoms with Crippen molar-refractivity contribution in [2.45, 2.75) is 6.18 Å². The second-order valence-electron chi connectivity index (χ2n) is 4.03. The highest BCUT2D eigenvalue weighted by Gasteiger charge is 2.35. The van der Waals surface area contributed by atoms with Crippen LogP contribution in [0.15, 0.2) is 24.3 Å². The van der Waals surface area contributed by atoms with E-state index in [4.69, 9.17) is 10.00 Å². The Labute approximate surface area is 113 Å². The normalized spacial score (nSPS) is 11.2. The van der Waals surface area contributed by atoms with Crippen molar-refractivity contribution in [2.75, 3.05) is 7.11 Å². The van der Waals surface area contributed by atoms with Gasteiger partial charge in [0, 0.05) is 12.6 Å². The summed E-state index contributed by atoms with van der Waals surface area (Å²) in [7, 11) is 2.57. The summed E-state index contributed by atoms with van der Waals surface area (Å²) < 4.78 is 44.1. The zero-order valence-electron chi connectivity index (χ0n) is 10.7. The molecule has 0 bridgehead atoms. The molecule has 0 amide bonds. The van der Waals surface area contributed by atoms with Crippen molar-refractivity contribution in [2.24, 2.45) is 7.05 Å². The molecule has 0 aliphatic rings. The molecule has 20 heavy (non-hydrogen) atoms. The van der Waals surface area contributed by atoms with Crippen molar-refractivity contribution in [1.82, 2.24) is 9.78 Å². The summed E-state index contributed by atoms with van der Waals surface area (Å²) in [6, 6.07) is 7.51. The van der Waals surface area contributed by atoms with E-state index in [0.29, 0.717) is 5.56 Å². The average molecular weight is 281 g/mol. The minimum Gasteiger partial charge on any atom is -0.495 e. The first-order valence-corrected chi connectivity index (χ1v) is 5.57.